The van der Waals surface area contributed by atoms with Gasteiger partial charge in [-0.05, 0) is 60.5 Å². The summed E-state index contributed by atoms with van der Waals surface area (Å²) in [6.45, 7) is 4.49. The number of hydrogen-bond acceptors (Lipinski definition) is 2. The van der Waals surface area contributed by atoms with Crippen LogP contribution in [-0.2, 0) is 0 Å². The van der Waals surface area contributed by atoms with E-state index in [4.69, 9.17) is 0 Å². The van der Waals surface area contributed by atoms with Crippen LogP contribution in [0, 0.1) is 17.7 Å². The van der Waals surface area contributed by atoms with Gasteiger partial charge in [0, 0.05) is 0 Å². The summed E-state index contributed by atoms with van der Waals surface area (Å²) in [6, 6.07) is 5.31. The van der Waals surface area contributed by atoms with Crippen molar-refractivity contribution in [1.29, 1.82) is 0 Å². The van der Waals surface area contributed by atoms with Crippen LogP contribution in [0.5, 0.6) is 0 Å². The molecule has 0 N–H and O–H groups in total. The number of hydrogen-bond donors (Lipinski definition) is 0. The van der Waals surface area contributed by atoms with Gasteiger partial charge in [-0.15, -0.1) is 0 Å². The second-order valence-corrected chi connectivity index (χ2v) is 6.45. The topological polar surface area (TPSA) is 12.4 Å². The fourth-order valence-corrected chi connectivity index (χ4v) is 3.70. The molecule has 0 radical (unpaired) electrons. The molecule has 0 spiro atoms. The number of aliphatic imine (C=N–C) groups is 1. The maximum Gasteiger partial charge on any atom is 0.149 e. The van der Waals surface area contributed by atoms with Crippen LogP contribution < -0.4 is 0 Å². The predicted octanol–water partition coefficient (Wildman–Crippen LogP) is 6.27. The molecule has 3 heteroatoms. The normalized spacial score (nSPS) is 23.4. The van der Waals surface area contributed by atoms with Gasteiger partial charge in [0.2, 0.25) is 0 Å². The number of benzene rings is 1. The molecule has 1 unspecified atom stereocenters. The van der Waals surface area contributed by atoms with Crippen molar-refractivity contribution in [2.75, 3.05) is 0 Å². The fraction of sp³-hybridized carbons (Fsp3) is 0.611. The molecule has 2 rings (SSSR count). The second-order valence-electron chi connectivity index (χ2n) is 6.27. The van der Waals surface area contributed by atoms with E-state index in [1.54, 1.807) is 12.1 Å². The molecule has 21 heavy (non-hydrogen) atoms. The Kier molecular flexibility index (Phi) is 6.08. The summed E-state index contributed by atoms with van der Waals surface area (Å²) in [4.78, 5) is 3.74. The minimum absolute atomic E-state index is 0.285. The van der Waals surface area contributed by atoms with Crippen LogP contribution in [0.4, 0.5) is 10.1 Å². The van der Waals surface area contributed by atoms with Crippen molar-refractivity contribution < 1.29 is 4.39 Å². The Labute approximate surface area is 132 Å². The smallest absolute Gasteiger partial charge is 0.149 e. The van der Waals surface area contributed by atoms with Crippen molar-refractivity contribution in [3.8, 4) is 0 Å². The summed E-state index contributed by atoms with van der Waals surface area (Å²) in [7, 11) is 0. The fourth-order valence-electron chi connectivity index (χ4n) is 3.60. The Balaban J connectivity index is 2.02. The first-order valence-corrected chi connectivity index (χ1v) is 8.43. The van der Waals surface area contributed by atoms with Gasteiger partial charge >= 0.3 is 0 Å². The molecule has 1 aliphatic rings. The second kappa shape index (κ2) is 7.82. The molecule has 0 heterocycles. The highest BCUT2D eigenvalue weighted by Crippen LogP contribution is 2.39. The number of isothiocyanates is 1. The number of rotatable bonds is 5. The predicted molar refractivity (Wildman–Crippen MR) is 89.9 cm³/mol. The summed E-state index contributed by atoms with van der Waals surface area (Å²) in [6.07, 6.45) is 7.86. The van der Waals surface area contributed by atoms with Gasteiger partial charge in [-0.1, -0.05) is 45.6 Å². The van der Waals surface area contributed by atoms with E-state index in [0.29, 0.717) is 11.8 Å². The van der Waals surface area contributed by atoms with Gasteiger partial charge in [0.25, 0.3) is 0 Å². The molecule has 114 valence electrons. The first kappa shape index (κ1) is 16.3. The largest absolute Gasteiger partial charge is 0.205 e. The molecule has 1 saturated carbocycles. The summed E-state index contributed by atoms with van der Waals surface area (Å²) in [5.41, 5.74) is 1.36. The Morgan fingerprint density at radius 1 is 1.33 bits per heavy atom. The van der Waals surface area contributed by atoms with Crippen molar-refractivity contribution >= 4 is 23.1 Å². The molecule has 1 nitrogen and oxygen atoms in total. The highest BCUT2D eigenvalue weighted by Gasteiger charge is 2.26. The Bertz CT molecular complexity index is 514. The molecular weight excluding hydrogens is 281 g/mol. The van der Waals surface area contributed by atoms with Gasteiger partial charge in [0.1, 0.15) is 11.5 Å². The molecule has 1 aliphatic carbocycles. The van der Waals surface area contributed by atoms with Crippen LogP contribution in [0.15, 0.2) is 23.2 Å². The quantitative estimate of drug-likeness (QED) is 0.461. The van der Waals surface area contributed by atoms with E-state index in [1.165, 1.54) is 38.5 Å². The molecule has 1 fully saturated rings. The van der Waals surface area contributed by atoms with Gasteiger partial charge in [0.15, 0.2) is 0 Å². The molecule has 0 bridgehead atoms. The van der Waals surface area contributed by atoms with Gasteiger partial charge in [0.05, 0.1) is 5.16 Å². The van der Waals surface area contributed by atoms with E-state index in [2.05, 4.69) is 36.2 Å². The lowest BCUT2D eigenvalue weighted by Crippen LogP contribution is -2.19. The summed E-state index contributed by atoms with van der Waals surface area (Å²) in [5, 5.41) is 2.22. The molecule has 0 saturated heterocycles. The molecule has 1 atom stereocenters. The first-order valence-electron chi connectivity index (χ1n) is 8.03. The van der Waals surface area contributed by atoms with Gasteiger partial charge < -0.3 is 0 Å². The highest BCUT2D eigenvalue weighted by molar-refractivity contribution is 7.78. The zero-order valence-electron chi connectivity index (χ0n) is 12.9. The summed E-state index contributed by atoms with van der Waals surface area (Å²) < 4.78 is 13.9. The lowest BCUT2D eigenvalue weighted by Gasteiger charge is -2.32. The lowest BCUT2D eigenvalue weighted by atomic mass is 9.73. The molecule has 0 aromatic heterocycles. The Morgan fingerprint density at radius 3 is 2.62 bits per heavy atom. The Morgan fingerprint density at radius 2 is 2.05 bits per heavy atom. The van der Waals surface area contributed by atoms with E-state index in [9.17, 15) is 4.39 Å². The van der Waals surface area contributed by atoms with E-state index >= 15 is 0 Å². The third kappa shape index (κ3) is 4.21. The van der Waals surface area contributed by atoms with Gasteiger partial charge in [-0.25, -0.2) is 4.39 Å². The summed E-state index contributed by atoms with van der Waals surface area (Å²) in [5.74, 6) is 1.70. The third-order valence-electron chi connectivity index (χ3n) is 4.96. The molecular formula is C18H24FNS. The average Bonchev–Trinajstić information content (AvgIpc) is 2.50. The molecule has 0 aliphatic heterocycles. The Hall–Kier alpha value is -1.05. The van der Waals surface area contributed by atoms with E-state index in [0.717, 1.165) is 11.5 Å². The van der Waals surface area contributed by atoms with Crippen LogP contribution in [-0.4, -0.2) is 5.16 Å². The van der Waals surface area contributed by atoms with Gasteiger partial charge in [-0.2, -0.15) is 4.99 Å². The third-order valence-corrected chi connectivity index (χ3v) is 5.05. The van der Waals surface area contributed by atoms with Crippen LogP contribution in [0.1, 0.15) is 63.9 Å². The minimum atomic E-state index is -0.295. The maximum atomic E-state index is 13.9. The number of halogens is 1. The minimum Gasteiger partial charge on any atom is -0.205 e. The lowest BCUT2D eigenvalue weighted by molar-refractivity contribution is 0.238. The van der Waals surface area contributed by atoms with Crippen molar-refractivity contribution in [2.24, 2.45) is 16.8 Å². The standard InChI is InChI=1S/C18H24FNS/c1-3-4-14-5-7-15(8-6-14)13(2)16-9-10-18(20-12-21)17(19)11-16/h9-11,13-15H,3-8H2,1-2H3. The zero-order valence-corrected chi connectivity index (χ0v) is 13.8. The van der Waals surface area contributed by atoms with E-state index in [1.807, 2.05) is 6.07 Å². The first-order chi connectivity index (χ1) is 10.2. The maximum absolute atomic E-state index is 13.9. The molecule has 1 aromatic carbocycles. The molecule has 0 amide bonds. The van der Waals surface area contributed by atoms with Crippen LogP contribution in [0.25, 0.3) is 0 Å². The van der Waals surface area contributed by atoms with Crippen LogP contribution in [0.3, 0.4) is 0 Å². The average molecular weight is 305 g/mol. The number of nitrogens with zero attached hydrogens (tertiary/aromatic N) is 1. The SMILES string of the molecule is CCCC1CCC(C(C)c2ccc(N=C=S)c(F)c2)CC1. The van der Waals surface area contributed by atoms with Crippen molar-refractivity contribution in [1.82, 2.24) is 0 Å². The van der Waals surface area contributed by atoms with Crippen molar-refractivity contribution in [2.45, 2.75) is 58.3 Å². The monoisotopic (exact) mass is 305 g/mol. The van der Waals surface area contributed by atoms with Crippen LogP contribution in [0.2, 0.25) is 0 Å². The van der Waals surface area contributed by atoms with E-state index < -0.39 is 0 Å². The van der Waals surface area contributed by atoms with E-state index in [-0.39, 0.29) is 11.5 Å². The molecule has 1 aromatic rings. The zero-order chi connectivity index (χ0) is 15.2. The van der Waals surface area contributed by atoms with Crippen molar-refractivity contribution in [3.63, 3.8) is 0 Å². The summed E-state index contributed by atoms with van der Waals surface area (Å²) >= 11 is 4.53. The van der Waals surface area contributed by atoms with Gasteiger partial charge in [-0.3, -0.25) is 0 Å². The van der Waals surface area contributed by atoms with Crippen LogP contribution >= 0.6 is 12.2 Å². The van der Waals surface area contributed by atoms with Crippen molar-refractivity contribution in [3.05, 3.63) is 29.6 Å². The highest BCUT2D eigenvalue weighted by atomic mass is 32.1. The number of thiocarbonyl (C=S) groups is 1.